The second-order valence-electron chi connectivity index (χ2n) is 4.66. The zero-order chi connectivity index (χ0) is 13.1. The highest BCUT2D eigenvalue weighted by Gasteiger charge is 2.23. The van der Waals surface area contributed by atoms with Crippen LogP contribution in [0.3, 0.4) is 0 Å². The standard InChI is InChI=1S/C13H22N4O/c1-5-11-15-12(14-4)10(3)13(16-11)17-6-7-18-8-9(17)2/h9H,5-8H2,1-4H3,(H,14,15,16). The lowest BCUT2D eigenvalue weighted by Gasteiger charge is -2.35. The SMILES string of the molecule is CCc1nc(NC)c(C)c(N2CCOCC2C)n1. The van der Waals surface area contributed by atoms with Crippen molar-refractivity contribution in [3.8, 4) is 0 Å². The molecule has 5 nitrogen and oxygen atoms in total. The van der Waals surface area contributed by atoms with Crippen LogP contribution in [0.1, 0.15) is 25.2 Å². The number of aryl methyl sites for hydroxylation is 1. The highest BCUT2D eigenvalue weighted by molar-refractivity contribution is 5.59. The molecule has 0 amide bonds. The molecule has 2 heterocycles. The van der Waals surface area contributed by atoms with Gasteiger partial charge in [-0.3, -0.25) is 0 Å². The van der Waals surface area contributed by atoms with Gasteiger partial charge < -0.3 is 15.0 Å². The van der Waals surface area contributed by atoms with Crippen LogP contribution in [0.4, 0.5) is 11.6 Å². The second kappa shape index (κ2) is 5.52. The highest BCUT2D eigenvalue weighted by atomic mass is 16.5. The fourth-order valence-electron chi connectivity index (χ4n) is 2.27. The van der Waals surface area contributed by atoms with Crippen LogP contribution in [-0.4, -0.2) is 42.8 Å². The summed E-state index contributed by atoms with van der Waals surface area (Å²) in [5, 5.41) is 3.16. The van der Waals surface area contributed by atoms with Crippen molar-refractivity contribution < 1.29 is 4.74 Å². The van der Waals surface area contributed by atoms with E-state index in [0.29, 0.717) is 6.04 Å². The van der Waals surface area contributed by atoms with E-state index < -0.39 is 0 Å². The maximum atomic E-state index is 5.49. The molecule has 0 aliphatic carbocycles. The van der Waals surface area contributed by atoms with Crippen LogP contribution >= 0.6 is 0 Å². The van der Waals surface area contributed by atoms with Gasteiger partial charge in [-0.25, -0.2) is 9.97 Å². The topological polar surface area (TPSA) is 50.3 Å². The molecule has 18 heavy (non-hydrogen) atoms. The van der Waals surface area contributed by atoms with Crippen LogP contribution in [0.2, 0.25) is 0 Å². The number of nitrogens with one attached hydrogen (secondary N) is 1. The van der Waals surface area contributed by atoms with Crippen LogP contribution in [0.25, 0.3) is 0 Å². The molecule has 100 valence electrons. The van der Waals surface area contributed by atoms with Gasteiger partial charge in [0.05, 0.1) is 19.3 Å². The Balaban J connectivity index is 2.41. The van der Waals surface area contributed by atoms with Gasteiger partial charge in [-0.1, -0.05) is 6.92 Å². The number of ether oxygens (including phenoxy) is 1. The zero-order valence-corrected chi connectivity index (χ0v) is 11.7. The molecule has 0 aromatic carbocycles. The summed E-state index contributed by atoms with van der Waals surface area (Å²) in [5.41, 5.74) is 1.11. The van der Waals surface area contributed by atoms with Crippen LogP contribution in [0.5, 0.6) is 0 Å². The average molecular weight is 250 g/mol. The Labute approximate surface area is 109 Å². The first-order valence-electron chi connectivity index (χ1n) is 6.57. The molecule has 1 unspecified atom stereocenters. The molecule has 1 saturated heterocycles. The quantitative estimate of drug-likeness (QED) is 0.883. The Hall–Kier alpha value is -1.36. The van der Waals surface area contributed by atoms with Crippen molar-refractivity contribution in [2.24, 2.45) is 0 Å². The predicted molar refractivity (Wildman–Crippen MR) is 73.3 cm³/mol. The Kier molecular flexibility index (Phi) is 4.01. The first-order chi connectivity index (χ1) is 8.67. The number of hydrogen-bond donors (Lipinski definition) is 1. The zero-order valence-electron chi connectivity index (χ0n) is 11.7. The molecule has 1 fully saturated rings. The minimum Gasteiger partial charge on any atom is -0.377 e. The Morgan fingerprint density at radius 3 is 2.83 bits per heavy atom. The summed E-state index contributed by atoms with van der Waals surface area (Å²) in [6.45, 7) is 8.75. The molecule has 1 aliphatic rings. The maximum absolute atomic E-state index is 5.49. The number of anilines is 2. The van der Waals surface area contributed by atoms with Crippen molar-refractivity contribution in [1.82, 2.24) is 9.97 Å². The molecular weight excluding hydrogens is 228 g/mol. The van der Waals surface area contributed by atoms with E-state index in [4.69, 9.17) is 9.72 Å². The number of hydrogen-bond acceptors (Lipinski definition) is 5. The molecule has 5 heteroatoms. The molecule has 0 radical (unpaired) electrons. The summed E-state index contributed by atoms with van der Waals surface area (Å²) in [6, 6.07) is 0.363. The van der Waals surface area contributed by atoms with E-state index in [1.807, 2.05) is 7.05 Å². The highest BCUT2D eigenvalue weighted by Crippen LogP contribution is 2.26. The summed E-state index contributed by atoms with van der Waals surface area (Å²) in [5.74, 6) is 2.86. The van der Waals surface area contributed by atoms with E-state index in [0.717, 1.165) is 49.2 Å². The molecule has 0 saturated carbocycles. The molecule has 1 aromatic rings. The summed E-state index contributed by atoms with van der Waals surface area (Å²) in [7, 11) is 1.90. The van der Waals surface area contributed by atoms with E-state index in [1.165, 1.54) is 0 Å². The average Bonchev–Trinajstić information content (AvgIpc) is 2.40. The van der Waals surface area contributed by atoms with Gasteiger partial charge in [-0.15, -0.1) is 0 Å². The lowest BCUT2D eigenvalue weighted by atomic mass is 10.2. The molecular formula is C13H22N4O. The van der Waals surface area contributed by atoms with Crippen molar-refractivity contribution in [3.05, 3.63) is 11.4 Å². The van der Waals surface area contributed by atoms with Gasteiger partial charge in [0, 0.05) is 25.6 Å². The molecule has 2 rings (SSSR count). The van der Waals surface area contributed by atoms with E-state index in [9.17, 15) is 0 Å². The Bertz CT molecular complexity index is 422. The van der Waals surface area contributed by atoms with Crippen LogP contribution < -0.4 is 10.2 Å². The second-order valence-corrected chi connectivity index (χ2v) is 4.66. The van der Waals surface area contributed by atoms with Gasteiger partial charge in [0.15, 0.2) is 0 Å². The molecule has 0 spiro atoms. The first kappa shape index (κ1) is 13.1. The number of nitrogens with zero attached hydrogens (tertiary/aromatic N) is 3. The maximum Gasteiger partial charge on any atom is 0.137 e. The normalized spacial score (nSPS) is 20.0. The van der Waals surface area contributed by atoms with E-state index in [1.54, 1.807) is 0 Å². The number of rotatable bonds is 3. The number of aromatic nitrogens is 2. The molecule has 0 bridgehead atoms. The van der Waals surface area contributed by atoms with Gasteiger partial charge in [0.1, 0.15) is 17.5 Å². The van der Waals surface area contributed by atoms with Crippen molar-refractivity contribution in [1.29, 1.82) is 0 Å². The lowest BCUT2D eigenvalue weighted by Crippen LogP contribution is -2.44. The van der Waals surface area contributed by atoms with Gasteiger partial charge in [-0.05, 0) is 13.8 Å². The van der Waals surface area contributed by atoms with Crippen LogP contribution in [-0.2, 0) is 11.2 Å². The minimum absolute atomic E-state index is 0.363. The van der Waals surface area contributed by atoms with Crippen LogP contribution in [0, 0.1) is 6.92 Å². The van der Waals surface area contributed by atoms with Gasteiger partial charge in [0.2, 0.25) is 0 Å². The minimum atomic E-state index is 0.363. The predicted octanol–water partition coefficient (Wildman–Crippen LogP) is 1.61. The summed E-state index contributed by atoms with van der Waals surface area (Å²) < 4.78 is 5.49. The summed E-state index contributed by atoms with van der Waals surface area (Å²) in [6.07, 6.45) is 0.848. The Morgan fingerprint density at radius 2 is 2.22 bits per heavy atom. The largest absolute Gasteiger partial charge is 0.377 e. The molecule has 1 atom stereocenters. The Morgan fingerprint density at radius 1 is 1.44 bits per heavy atom. The van der Waals surface area contributed by atoms with Crippen molar-refractivity contribution in [2.45, 2.75) is 33.2 Å². The fraction of sp³-hybridized carbons (Fsp3) is 0.692. The van der Waals surface area contributed by atoms with E-state index in [-0.39, 0.29) is 0 Å². The monoisotopic (exact) mass is 250 g/mol. The van der Waals surface area contributed by atoms with Crippen molar-refractivity contribution in [2.75, 3.05) is 37.0 Å². The molecule has 1 aliphatic heterocycles. The molecule has 1 aromatic heterocycles. The number of morpholine rings is 1. The third kappa shape index (κ3) is 2.41. The molecule has 1 N–H and O–H groups in total. The van der Waals surface area contributed by atoms with Gasteiger partial charge in [0.25, 0.3) is 0 Å². The smallest absolute Gasteiger partial charge is 0.137 e. The van der Waals surface area contributed by atoms with Gasteiger partial charge >= 0.3 is 0 Å². The van der Waals surface area contributed by atoms with Crippen LogP contribution in [0.15, 0.2) is 0 Å². The summed E-state index contributed by atoms with van der Waals surface area (Å²) in [4.78, 5) is 11.5. The fourth-order valence-corrected chi connectivity index (χ4v) is 2.27. The van der Waals surface area contributed by atoms with Crippen molar-refractivity contribution in [3.63, 3.8) is 0 Å². The van der Waals surface area contributed by atoms with E-state index in [2.05, 4.69) is 36.0 Å². The van der Waals surface area contributed by atoms with Gasteiger partial charge in [-0.2, -0.15) is 0 Å². The third-order valence-corrected chi connectivity index (χ3v) is 3.36. The lowest BCUT2D eigenvalue weighted by molar-refractivity contribution is 0.0984. The third-order valence-electron chi connectivity index (χ3n) is 3.36. The van der Waals surface area contributed by atoms with E-state index >= 15 is 0 Å². The first-order valence-corrected chi connectivity index (χ1v) is 6.57. The van der Waals surface area contributed by atoms with Crippen molar-refractivity contribution >= 4 is 11.6 Å². The summed E-state index contributed by atoms with van der Waals surface area (Å²) >= 11 is 0.